The number of methoxy groups -OCH3 is 1. The number of rotatable bonds is 2. The average Bonchev–Trinajstić information content (AvgIpc) is 2.81. The predicted molar refractivity (Wildman–Crippen MR) is 86.9 cm³/mol. The predicted octanol–water partition coefficient (Wildman–Crippen LogP) is 3.17. The number of guanidine groups is 1. The van der Waals surface area contributed by atoms with Crippen molar-refractivity contribution in [1.29, 1.82) is 0 Å². The van der Waals surface area contributed by atoms with Crippen molar-refractivity contribution in [3.8, 4) is 5.75 Å². The van der Waals surface area contributed by atoms with Crippen molar-refractivity contribution in [3.63, 3.8) is 0 Å². The molecule has 0 bridgehead atoms. The van der Waals surface area contributed by atoms with Crippen LogP contribution < -0.4 is 15.4 Å². The number of ether oxygens (including phenoxy) is 1. The molecule has 1 aliphatic heterocycles. The first kappa shape index (κ1) is 14.2. The van der Waals surface area contributed by atoms with Crippen LogP contribution in [-0.4, -0.2) is 25.2 Å². The molecule has 2 aliphatic rings. The molecule has 1 unspecified atom stereocenters. The summed E-state index contributed by atoms with van der Waals surface area (Å²) in [6, 6.07) is 8.15. The summed E-state index contributed by atoms with van der Waals surface area (Å²) in [5, 5.41) is 0. The smallest absolute Gasteiger partial charge is 0.196 e. The molecule has 0 amide bonds. The first-order valence-electron chi connectivity index (χ1n) is 7.74. The molecule has 1 spiro atoms. The summed E-state index contributed by atoms with van der Waals surface area (Å²) in [5.41, 5.74) is 7.59. The van der Waals surface area contributed by atoms with Gasteiger partial charge >= 0.3 is 0 Å². The molecule has 3 rings (SSSR count). The molecular formula is C17H25N3O. The second-order valence-electron chi connectivity index (χ2n) is 6.83. The Kier molecular flexibility index (Phi) is 3.34. The van der Waals surface area contributed by atoms with Gasteiger partial charge in [0.25, 0.3) is 0 Å². The molecule has 0 aromatic heterocycles. The van der Waals surface area contributed by atoms with Crippen LogP contribution in [0.15, 0.2) is 29.3 Å². The normalized spacial score (nSPS) is 27.8. The van der Waals surface area contributed by atoms with Crippen LogP contribution in [0.3, 0.4) is 0 Å². The van der Waals surface area contributed by atoms with Crippen LogP contribution >= 0.6 is 0 Å². The maximum Gasteiger partial charge on any atom is 0.196 e. The minimum absolute atomic E-state index is 0.0178. The van der Waals surface area contributed by atoms with Gasteiger partial charge in [0.15, 0.2) is 5.96 Å². The Morgan fingerprint density at radius 1 is 1.14 bits per heavy atom. The van der Waals surface area contributed by atoms with E-state index in [1.165, 1.54) is 19.3 Å². The molecule has 1 saturated carbocycles. The lowest BCUT2D eigenvalue weighted by atomic mass is 9.62. The van der Waals surface area contributed by atoms with Gasteiger partial charge < -0.3 is 15.4 Å². The van der Waals surface area contributed by atoms with E-state index in [0.717, 1.165) is 24.4 Å². The quantitative estimate of drug-likeness (QED) is 0.909. The van der Waals surface area contributed by atoms with Crippen molar-refractivity contribution in [1.82, 2.24) is 0 Å². The van der Waals surface area contributed by atoms with Crippen molar-refractivity contribution >= 4 is 11.6 Å². The summed E-state index contributed by atoms with van der Waals surface area (Å²) in [4.78, 5) is 6.87. The van der Waals surface area contributed by atoms with E-state index in [4.69, 9.17) is 10.5 Å². The number of anilines is 1. The van der Waals surface area contributed by atoms with E-state index in [0.29, 0.717) is 5.96 Å². The van der Waals surface area contributed by atoms with Gasteiger partial charge in [-0.1, -0.05) is 26.7 Å². The molecule has 1 aromatic rings. The number of hydrogen-bond acceptors (Lipinski definition) is 4. The van der Waals surface area contributed by atoms with E-state index in [2.05, 4.69) is 35.9 Å². The highest BCUT2D eigenvalue weighted by Gasteiger charge is 2.54. The van der Waals surface area contributed by atoms with E-state index < -0.39 is 0 Å². The standard InChI is InChI=1S/C17H25N3O/c1-16(2)10-4-5-11-17(16)12-19-15(18)20(17)13-6-8-14(21-3)9-7-13/h6-9H,4-5,10-12H2,1-3H3,(H2,18,19). The molecule has 0 radical (unpaired) electrons. The van der Waals surface area contributed by atoms with Gasteiger partial charge in [-0.2, -0.15) is 0 Å². The number of nitrogens with two attached hydrogens (primary N) is 1. The van der Waals surface area contributed by atoms with E-state index in [9.17, 15) is 0 Å². The Bertz CT molecular complexity index is 550. The second-order valence-corrected chi connectivity index (χ2v) is 6.83. The summed E-state index contributed by atoms with van der Waals surface area (Å²) in [5.74, 6) is 1.51. The van der Waals surface area contributed by atoms with Gasteiger partial charge in [0.1, 0.15) is 5.75 Å². The third-order valence-corrected chi connectivity index (χ3v) is 5.39. The Hall–Kier alpha value is -1.71. The number of nitrogens with zero attached hydrogens (tertiary/aromatic N) is 2. The van der Waals surface area contributed by atoms with Gasteiger partial charge in [-0.25, -0.2) is 0 Å². The minimum atomic E-state index is 0.0178. The van der Waals surface area contributed by atoms with Crippen molar-refractivity contribution in [2.75, 3.05) is 18.6 Å². The SMILES string of the molecule is COc1ccc(N2C(N)=NCC23CCCCC3(C)C)cc1. The highest BCUT2D eigenvalue weighted by Crippen LogP contribution is 2.50. The number of hydrogen-bond donors (Lipinski definition) is 1. The second kappa shape index (κ2) is 4.93. The van der Waals surface area contributed by atoms with Crippen LogP contribution in [0.4, 0.5) is 5.69 Å². The molecule has 2 N–H and O–H groups in total. The number of aliphatic imine (C=N–C) groups is 1. The van der Waals surface area contributed by atoms with Crippen LogP contribution in [0.1, 0.15) is 39.5 Å². The molecule has 21 heavy (non-hydrogen) atoms. The fraction of sp³-hybridized carbons (Fsp3) is 0.588. The van der Waals surface area contributed by atoms with Crippen LogP contribution in [0.25, 0.3) is 0 Å². The minimum Gasteiger partial charge on any atom is -0.497 e. The molecule has 4 nitrogen and oxygen atoms in total. The highest BCUT2D eigenvalue weighted by atomic mass is 16.5. The van der Waals surface area contributed by atoms with Crippen molar-refractivity contribution < 1.29 is 4.74 Å². The molecule has 1 aliphatic carbocycles. The summed E-state index contributed by atoms with van der Waals surface area (Å²) >= 11 is 0. The molecule has 114 valence electrons. The molecule has 4 heteroatoms. The highest BCUT2D eigenvalue weighted by molar-refractivity contribution is 5.98. The van der Waals surface area contributed by atoms with Crippen LogP contribution in [0, 0.1) is 5.41 Å². The van der Waals surface area contributed by atoms with Gasteiger partial charge in [-0.15, -0.1) is 0 Å². The number of benzene rings is 1. The maximum absolute atomic E-state index is 6.25. The monoisotopic (exact) mass is 287 g/mol. The first-order chi connectivity index (χ1) is 10.00. The summed E-state index contributed by atoms with van der Waals surface area (Å²) in [6.45, 7) is 5.52. The van der Waals surface area contributed by atoms with Crippen molar-refractivity contribution in [3.05, 3.63) is 24.3 Å². The largest absolute Gasteiger partial charge is 0.497 e. The zero-order chi connectivity index (χ0) is 15.1. The molecular weight excluding hydrogens is 262 g/mol. The van der Waals surface area contributed by atoms with Gasteiger partial charge in [0.05, 0.1) is 19.2 Å². The van der Waals surface area contributed by atoms with Gasteiger partial charge in [-0.3, -0.25) is 4.99 Å². The van der Waals surface area contributed by atoms with Crippen LogP contribution in [0.2, 0.25) is 0 Å². The Morgan fingerprint density at radius 3 is 2.43 bits per heavy atom. The summed E-state index contributed by atoms with van der Waals surface area (Å²) in [7, 11) is 1.69. The van der Waals surface area contributed by atoms with E-state index in [1.807, 2.05) is 12.1 Å². The topological polar surface area (TPSA) is 50.9 Å². The lowest BCUT2D eigenvalue weighted by Crippen LogP contribution is -2.61. The molecule has 1 fully saturated rings. The van der Waals surface area contributed by atoms with Crippen molar-refractivity contribution in [2.24, 2.45) is 16.1 Å². The van der Waals surface area contributed by atoms with Crippen LogP contribution in [0.5, 0.6) is 5.75 Å². The Labute approximate surface area is 127 Å². The zero-order valence-electron chi connectivity index (χ0n) is 13.2. The van der Waals surface area contributed by atoms with Gasteiger partial charge in [0.2, 0.25) is 0 Å². The van der Waals surface area contributed by atoms with E-state index >= 15 is 0 Å². The first-order valence-corrected chi connectivity index (χ1v) is 7.74. The van der Waals surface area contributed by atoms with Gasteiger partial charge in [0, 0.05) is 5.69 Å². The molecule has 1 heterocycles. The van der Waals surface area contributed by atoms with Crippen molar-refractivity contribution in [2.45, 2.75) is 45.1 Å². The zero-order valence-corrected chi connectivity index (χ0v) is 13.2. The lowest BCUT2D eigenvalue weighted by Gasteiger charge is -2.53. The maximum atomic E-state index is 6.25. The van der Waals surface area contributed by atoms with Gasteiger partial charge in [-0.05, 0) is 42.5 Å². The fourth-order valence-corrected chi connectivity index (χ4v) is 3.95. The third-order valence-electron chi connectivity index (χ3n) is 5.39. The molecule has 1 atom stereocenters. The fourth-order valence-electron chi connectivity index (χ4n) is 3.95. The molecule has 1 aromatic carbocycles. The third kappa shape index (κ3) is 2.08. The Morgan fingerprint density at radius 2 is 1.81 bits per heavy atom. The summed E-state index contributed by atoms with van der Waals surface area (Å²) < 4.78 is 5.26. The molecule has 0 saturated heterocycles. The van der Waals surface area contributed by atoms with Crippen LogP contribution in [-0.2, 0) is 0 Å². The summed E-state index contributed by atoms with van der Waals surface area (Å²) in [6.07, 6.45) is 4.92. The average molecular weight is 287 g/mol. The van der Waals surface area contributed by atoms with E-state index in [-0.39, 0.29) is 11.0 Å². The Balaban J connectivity index is 2.02. The van der Waals surface area contributed by atoms with E-state index in [1.54, 1.807) is 7.11 Å². The lowest BCUT2D eigenvalue weighted by molar-refractivity contribution is 0.115.